The number of hydrogen-bond acceptors (Lipinski definition) is 3. The lowest BCUT2D eigenvalue weighted by Gasteiger charge is -2.22. The molecule has 0 unspecified atom stereocenters. The third-order valence-corrected chi connectivity index (χ3v) is 4.75. The molecule has 0 saturated carbocycles. The molecule has 126 valence electrons. The van der Waals surface area contributed by atoms with Crippen molar-refractivity contribution in [2.75, 3.05) is 12.3 Å². The molecule has 0 atom stereocenters. The number of thioether (sulfide) groups is 1. The Balaban J connectivity index is 2.20. The zero-order chi connectivity index (χ0) is 17.5. The largest absolute Gasteiger partial charge is 0.369 e. The quantitative estimate of drug-likeness (QED) is 0.766. The average molecular weight is 363 g/mol. The molecule has 0 aliphatic heterocycles. The topological polar surface area (TPSA) is 63.4 Å². The summed E-state index contributed by atoms with van der Waals surface area (Å²) in [6, 6.07) is 14.7. The molecule has 2 amide bonds. The second-order valence-electron chi connectivity index (χ2n) is 5.20. The van der Waals surface area contributed by atoms with Gasteiger partial charge >= 0.3 is 0 Å². The molecule has 2 aromatic rings. The molecule has 0 aliphatic carbocycles. The summed E-state index contributed by atoms with van der Waals surface area (Å²) >= 11 is 7.29. The van der Waals surface area contributed by atoms with Gasteiger partial charge in [0.1, 0.15) is 0 Å². The maximum absolute atomic E-state index is 12.9. The van der Waals surface area contributed by atoms with Crippen LogP contribution in [0.5, 0.6) is 0 Å². The summed E-state index contributed by atoms with van der Waals surface area (Å²) in [5, 5.41) is 0.647. The van der Waals surface area contributed by atoms with Gasteiger partial charge in [0.05, 0.1) is 11.3 Å². The molecule has 24 heavy (non-hydrogen) atoms. The molecule has 0 spiro atoms. The summed E-state index contributed by atoms with van der Waals surface area (Å²) in [6.45, 7) is 2.98. The molecule has 0 bridgehead atoms. The molecule has 4 nitrogen and oxygen atoms in total. The van der Waals surface area contributed by atoms with Gasteiger partial charge in [-0.15, -0.1) is 11.8 Å². The molecule has 6 heteroatoms. The van der Waals surface area contributed by atoms with E-state index in [2.05, 4.69) is 0 Å². The van der Waals surface area contributed by atoms with Gasteiger partial charge in [-0.2, -0.15) is 0 Å². The van der Waals surface area contributed by atoms with E-state index in [0.717, 1.165) is 10.5 Å². The van der Waals surface area contributed by atoms with Crippen molar-refractivity contribution in [3.05, 3.63) is 64.7 Å². The minimum atomic E-state index is -0.409. The molecule has 0 radical (unpaired) electrons. The van der Waals surface area contributed by atoms with Crippen LogP contribution in [0.4, 0.5) is 0 Å². The van der Waals surface area contributed by atoms with Crippen LogP contribution in [0.25, 0.3) is 0 Å². The highest BCUT2D eigenvalue weighted by atomic mass is 35.5. The second-order valence-corrected chi connectivity index (χ2v) is 6.65. The van der Waals surface area contributed by atoms with Gasteiger partial charge in [0.15, 0.2) is 0 Å². The first-order chi connectivity index (χ1) is 11.5. The molecule has 2 rings (SSSR count). The Kier molecular flexibility index (Phi) is 6.70. The first-order valence-electron chi connectivity index (χ1n) is 7.55. The van der Waals surface area contributed by atoms with Gasteiger partial charge in [-0.3, -0.25) is 9.59 Å². The molecule has 2 N–H and O–H groups in total. The van der Waals surface area contributed by atoms with E-state index in [0.29, 0.717) is 23.7 Å². The second kappa shape index (κ2) is 8.76. The number of halogens is 1. The van der Waals surface area contributed by atoms with Crippen LogP contribution >= 0.6 is 23.4 Å². The highest BCUT2D eigenvalue weighted by Crippen LogP contribution is 2.24. The fourth-order valence-corrected chi connectivity index (χ4v) is 3.27. The normalized spacial score (nSPS) is 10.4. The lowest BCUT2D eigenvalue weighted by molar-refractivity contribution is -0.115. The van der Waals surface area contributed by atoms with Crippen molar-refractivity contribution in [2.45, 2.75) is 18.4 Å². The Bertz CT molecular complexity index is 736. The molecular weight excluding hydrogens is 344 g/mol. The number of nitrogens with two attached hydrogens (primary N) is 1. The van der Waals surface area contributed by atoms with E-state index in [-0.39, 0.29) is 11.7 Å². The lowest BCUT2D eigenvalue weighted by Crippen LogP contribution is -2.30. The van der Waals surface area contributed by atoms with Crippen LogP contribution < -0.4 is 5.73 Å². The smallest absolute Gasteiger partial charge is 0.255 e. The molecule has 0 fully saturated rings. The number of nitrogens with zero attached hydrogens (tertiary/aromatic N) is 1. The highest BCUT2D eigenvalue weighted by molar-refractivity contribution is 8.00. The van der Waals surface area contributed by atoms with Gasteiger partial charge in [0.2, 0.25) is 5.91 Å². The molecule has 0 aliphatic rings. The zero-order valence-electron chi connectivity index (χ0n) is 13.4. The van der Waals surface area contributed by atoms with E-state index in [4.69, 9.17) is 17.3 Å². The van der Waals surface area contributed by atoms with Crippen molar-refractivity contribution in [3.8, 4) is 0 Å². The summed E-state index contributed by atoms with van der Waals surface area (Å²) in [7, 11) is 0. The molecule has 2 aromatic carbocycles. The van der Waals surface area contributed by atoms with E-state index in [1.165, 1.54) is 11.8 Å². The fraction of sp³-hybridized carbons (Fsp3) is 0.222. The predicted molar refractivity (Wildman–Crippen MR) is 98.2 cm³/mol. The number of amides is 2. The van der Waals surface area contributed by atoms with Crippen molar-refractivity contribution < 1.29 is 9.59 Å². The number of primary amides is 1. The van der Waals surface area contributed by atoms with Crippen molar-refractivity contribution in [1.29, 1.82) is 0 Å². The van der Waals surface area contributed by atoms with E-state index in [1.54, 1.807) is 17.0 Å². The minimum absolute atomic E-state index is 0.0787. The number of carbonyl (C=O) groups is 2. The Morgan fingerprint density at radius 2 is 1.92 bits per heavy atom. The maximum atomic E-state index is 12.9. The van der Waals surface area contributed by atoms with Gasteiger partial charge < -0.3 is 10.6 Å². The van der Waals surface area contributed by atoms with Crippen molar-refractivity contribution in [2.24, 2.45) is 5.73 Å². The first-order valence-corrected chi connectivity index (χ1v) is 8.91. The van der Waals surface area contributed by atoms with Crippen LogP contribution in [0.2, 0.25) is 5.02 Å². The minimum Gasteiger partial charge on any atom is -0.369 e. The Morgan fingerprint density at radius 3 is 2.58 bits per heavy atom. The van der Waals surface area contributed by atoms with Crippen LogP contribution in [-0.4, -0.2) is 29.0 Å². The van der Waals surface area contributed by atoms with Crippen LogP contribution in [0.15, 0.2) is 53.4 Å². The van der Waals surface area contributed by atoms with Gasteiger partial charge in [0.25, 0.3) is 5.91 Å². The average Bonchev–Trinajstić information content (AvgIpc) is 2.57. The number of benzene rings is 2. The monoisotopic (exact) mass is 362 g/mol. The van der Waals surface area contributed by atoms with Crippen molar-refractivity contribution in [1.82, 2.24) is 4.90 Å². The summed E-state index contributed by atoms with van der Waals surface area (Å²) in [5.74, 6) is -0.344. The molecule has 0 heterocycles. The van der Waals surface area contributed by atoms with Crippen molar-refractivity contribution >= 4 is 35.2 Å². The summed E-state index contributed by atoms with van der Waals surface area (Å²) in [6.07, 6.45) is 0. The number of rotatable bonds is 7. The third-order valence-electron chi connectivity index (χ3n) is 3.42. The van der Waals surface area contributed by atoms with E-state index in [1.807, 2.05) is 43.3 Å². The third kappa shape index (κ3) is 5.01. The van der Waals surface area contributed by atoms with Crippen molar-refractivity contribution in [3.63, 3.8) is 0 Å². The summed E-state index contributed by atoms with van der Waals surface area (Å²) < 4.78 is 0. The van der Waals surface area contributed by atoms with Crippen LogP contribution in [0.1, 0.15) is 22.8 Å². The van der Waals surface area contributed by atoms with Crippen LogP contribution in [0.3, 0.4) is 0 Å². The molecule has 0 saturated heterocycles. The summed E-state index contributed by atoms with van der Waals surface area (Å²) in [4.78, 5) is 26.4. The lowest BCUT2D eigenvalue weighted by atomic mass is 10.1. The SMILES string of the molecule is CCN(Cc1cccc(Cl)c1)C(=O)c1ccccc1SCC(N)=O. The van der Waals surface area contributed by atoms with Crippen LogP contribution in [-0.2, 0) is 11.3 Å². The molecular formula is C18H19ClN2O2S. The molecule has 0 aromatic heterocycles. The maximum Gasteiger partial charge on any atom is 0.255 e. The fourth-order valence-electron chi connectivity index (χ4n) is 2.27. The Morgan fingerprint density at radius 1 is 1.17 bits per heavy atom. The van der Waals surface area contributed by atoms with E-state index < -0.39 is 5.91 Å². The number of carbonyl (C=O) groups excluding carboxylic acids is 2. The predicted octanol–water partition coefficient (Wildman–Crippen LogP) is 3.58. The Labute approximate surface area is 151 Å². The summed E-state index contributed by atoms with van der Waals surface area (Å²) in [5.41, 5.74) is 6.75. The van der Waals surface area contributed by atoms with Gasteiger partial charge in [-0.05, 0) is 36.8 Å². The standard InChI is InChI=1S/C18H19ClN2O2S/c1-2-21(11-13-6-5-7-14(19)10-13)18(23)15-8-3-4-9-16(15)24-12-17(20)22/h3-10H,2,11-12H2,1H3,(H2,20,22). The highest BCUT2D eigenvalue weighted by Gasteiger charge is 2.18. The van der Waals surface area contributed by atoms with Gasteiger partial charge in [-0.25, -0.2) is 0 Å². The Hall–Kier alpha value is -1.98. The van der Waals surface area contributed by atoms with E-state index in [9.17, 15) is 9.59 Å². The van der Waals surface area contributed by atoms with E-state index >= 15 is 0 Å². The zero-order valence-corrected chi connectivity index (χ0v) is 14.9. The van der Waals surface area contributed by atoms with Gasteiger partial charge in [0, 0.05) is 23.0 Å². The number of hydrogen-bond donors (Lipinski definition) is 1. The van der Waals surface area contributed by atoms with Gasteiger partial charge in [-0.1, -0.05) is 35.9 Å². The first kappa shape index (κ1) is 18.4. The van der Waals surface area contributed by atoms with Crippen LogP contribution in [0, 0.1) is 0 Å².